The highest BCUT2D eigenvalue weighted by Crippen LogP contribution is 2.22. The van der Waals surface area contributed by atoms with E-state index in [2.05, 4.69) is 44.0 Å². The van der Waals surface area contributed by atoms with Gasteiger partial charge >= 0.3 is 0 Å². The van der Waals surface area contributed by atoms with Gasteiger partial charge in [0.2, 0.25) is 0 Å². The second kappa shape index (κ2) is 16.1. The number of allylic oxidation sites excluding steroid dienone is 5. The highest BCUT2D eigenvalue weighted by molar-refractivity contribution is 5.95. The summed E-state index contributed by atoms with van der Waals surface area (Å²) in [4.78, 5) is 17.8. The number of carbonyl (C=O) groups excluding carboxylic acids is 1. The van der Waals surface area contributed by atoms with Crippen molar-refractivity contribution in [3.05, 3.63) is 96.7 Å². The van der Waals surface area contributed by atoms with Crippen molar-refractivity contribution in [1.82, 2.24) is 9.80 Å². The Balaban J connectivity index is 2.04. The standard InChI is InChI=1S/C32H46N2O2/c1-6-8-9-10-11-17-31(35)24-28-15-12-16-29(23-28)25-34(32(36)27(5)7-2)30-18-21-33(22-19-30)20-13-14-26(3)4/h6-12,15-17,23,26,30-31,35H,2,5,13-14,18-22,24-25H2,1,3-4H3/b8-6-,10-9-,17-11+. The number of nitrogens with zero attached hydrogens (tertiary/aromatic N) is 2. The van der Waals surface area contributed by atoms with Gasteiger partial charge in [-0.25, -0.2) is 0 Å². The van der Waals surface area contributed by atoms with Gasteiger partial charge in [-0.1, -0.05) is 93.8 Å². The molecular weight excluding hydrogens is 444 g/mol. The predicted molar refractivity (Wildman–Crippen MR) is 153 cm³/mol. The van der Waals surface area contributed by atoms with Crippen LogP contribution in [0.15, 0.2) is 85.5 Å². The summed E-state index contributed by atoms with van der Waals surface area (Å²) in [5.41, 5.74) is 2.57. The van der Waals surface area contributed by atoms with Crippen molar-refractivity contribution in [1.29, 1.82) is 0 Å². The molecule has 1 aromatic rings. The van der Waals surface area contributed by atoms with Crippen LogP contribution in [0.1, 0.15) is 57.6 Å². The van der Waals surface area contributed by atoms with Gasteiger partial charge in [-0.2, -0.15) is 0 Å². The number of aliphatic hydroxyl groups is 1. The number of hydrogen-bond donors (Lipinski definition) is 1. The molecule has 196 valence electrons. The largest absolute Gasteiger partial charge is 0.389 e. The highest BCUT2D eigenvalue weighted by atomic mass is 16.3. The van der Waals surface area contributed by atoms with E-state index in [1.807, 2.05) is 54.3 Å². The summed E-state index contributed by atoms with van der Waals surface area (Å²) in [6.07, 6.45) is 17.4. The number of rotatable bonds is 14. The molecular formula is C32H46N2O2. The van der Waals surface area contributed by atoms with E-state index in [0.717, 1.165) is 49.5 Å². The van der Waals surface area contributed by atoms with E-state index in [4.69, 9.17) is 0 Å². The quantitative estimate of drug-likeness (QED) is 0.248. The van der Waals surface area contributed by atoms with E-state index in [9.17, 15) is 9.90 Å². The Kier molecular flexibility index (Phi) is 13.2. The normalized spacial score (nSPS) is 16.4. The fourth-order valence-corrected chi connectivity index (χ4v) is 4.61. The molecule has 36 heavy (non-hydrogen) atoms. The summed E-state index contributed by atoms with van der Waals surface area (Å²) in [5.74, 6) is 0.707. The molecule has 1 unspecified atom stereocenters. The molecule has 4 heteroatoms. The molecule has 2 rings (SSSR count). The Morgan fingerprint density at radius 3 is 2.53 bits per heavy atom. The topological polar surface area (TPSA) is 43.8 Å². The molecule has 1 saturated heterocycles. The fourth-order valence-electron chi connectivity index (χ4n) is 4.61. The lowest BCUT2D eigenvalue weighted by atomic mass is 9.99. The Bertz CT molecular complexity index is 920. The molecule has 1 aromatic carbocycles. The summed E-state index contributed by atoms with van der Waals surface area (Å²) >= 11 is 0. The van der Waals surface area contributed by atoms with Crippen LogP contribution in [-0.4, -0.2) is 52.6 Å². The number of aliphatic hydroxyl groups excluding tert-OH is 1. The van der Waals surface area contributed by atoms with Crippen molar-refractivity contribution in [2.24, 2.45) is 5.92 Å². The van der Waals surface area contributed by atoms with Crippen molar-refractivity contribution in [2.75, 3.05) is 19.6 Å². The van der Waals surface area contributed by atoms with Crippen molar-refractivity contribution in [2.45, 2.75) is 71.6 Å². The van der Waals surface area contributed by atoms with E-state index >= 15 is 0 Å². The Morgan fingerprint density at radius 1 is 1.17 bits per heavy atom. The molecule has 1 fully saturated rings. The zero-order chi connectivity index (χ0) is 26.3. The smallest absolute Gasteiger partial charge is 0.253 e. The number of amides is 1. The number of piperidine rings is 1. The van der Waals surface area contributed by atoms with E-state index < -0.39 is 6.10 Å². The van der Waals surface area contributed by atoms with E-state index in [-0.39, 0.29) is 11.9 Å². The number of likely N-dealkylation sites (tertiary alicyclic amines) is 1. The monoisotopic (exact) mass is 490 g/mol. The average Bonchev–Trinajstić information content (AvgIpc) is 2.87. The SMILES string of the molecule is C=CC(=C)C(=O)N(Cc1cccc(CC(O)/C=C/C=C\C=C/C)c1)C1CCN(CCCC(C)C)CC1. The van der Waals surface area contributed by atoms with Gasteiger partial charge in [0.1, 0.15) is 0 Å². The first kappa shape index (κ1) is 29.5. The van der Waals surface area contributed by atoms with E-state index in [1.54, 1.807) is 12.2 Å². The van der Waals surface area contributed by atoms with Gasteiger partial charge in [0.05, 0.1) is 6.10 Å². The van der Waals surface area contributed by atoms with Crippen LogP contribution in [0.3, 0.4) is 0 Å². The van der Waals surface area contributed by atoms with Crippen LogP contribution < -0.4 is 0 Å². The summed E-state index contributed by atoms with van der Waals surface area (Å²) < 4.78 is 0. The Morgan fingerprint density at radius 2 is 1.86 bits per heavy atom. The molecule has 0 radical (unpaired) electrons. The van der Waals surface area contributed by atoms with Crippen molar-refractivity contribution < 1.29 is 9.90 Å². The summed E-state index contributed by atoms with van der Waals surface area (Å²) in [6.45, 7) is 17.9. The molecule has 1 aliphatic heterocycles. The molecule has 0 aliphatic carbocycles. The highest BCUT2D eigenvalue weighted by Gasteiger charge is 2.28. The molecule has 0 aromatic heterocycles. The van der Waals surface area contributed by atoms with Crippen molar-refractivity contribution in [3.63, 3.8) is 0 Å². The van der Waals surface area contributed by atoms with Crippen molar-refractivity contribution in [3.8, 4) is 0 Å². The molecule has 0 bridgehead atoms. The minimum absolute atomic E-state index is 0.0375. The number of hydrogen-bond acceptors (Lipinski definition) is 3. The second-order valence-electron chi connectivity index (χ2n) is 10.2. The average molecular weight is 491 g/mol. The van der Waals surface area contributed by atoms with E-state index in [0.29, 0.717) is 18.5 Å². The molecule has 1 atom stereocenters. The lowest BCUT2D eigenvalue weighted by Crippen LogP contribution is -2.47. The first-order valence-electron chi connectivity index (χ1n) is 13.4. The first-order valence-corrected chi connectivity index (χ1v) is 13.4. The number of benzene rings is 1. The van der Waals surface area contributed by atoms with Crippen molar-refractivity contribution >= 4 is 5.91 Å². The summed E-state index contributed by atoms with van der Waals surface area (Å²) in [6, 6.07) is 8.39. The third-order valence-corrected chi connectivity index (χ3v) is 6.68. The van der Waals surface area contributed by atoms with Gasteiger partial charge in [-0.15, -0.1) is 0 Å². The van der Waals surface area contributed by atoms with Gasteiger partial charge < -0.3 is 14.9 Å². The molecule has 1 aliphatic rings. The summed E-state index contributed by atoms with van der Waals surface area (Å²) in [7, 11) is 0. The van der Waals surface area contributed by atoms with Crippen LogP contribution in [0.2, 0.25) is 0 Å². The second-order valence-corrected chi connectivity index (χ2v) is 10.2. The van der Waals surface area contributed by atoms with Gasteiger partial charge in [-0.05, 0) is 56.2 Å². The zero-order valence-electron chi connectivity index (χ0n) is 22.6. The molecule has 0 saturated carbocycles. The third kappa shape index (κ3) is 10.5. The molecule has 4 nitrogen and oxygen atoms in total. The minimum atomic E-state index is -0.561. The van der Waals surface area contributed by atoms with Crippen LogP contribution >= 0.6 is 0 Å². The molecule has 0 spiro atoms. The van der Waals surface area contributed by atoms with Crippen LogP contribution in [0.4, 0.5) is 0 Å². The fraction of sp³-hybridized carbons (Fsp3) is 0.469. The van der Waals surface area contributed by atoms with E-state index in [1.165, 1.54) is 12.8 Å². The van der Waals surface area contributed by atoms with Gasteiger partial charge in [0, 0.05) is 37.7 Å². The summed E-state index contributed by atoms with van der Waals surface area (Å²) in [5, 5.41) is 10.4. The number of carbonyl (C=O) groups is 1. The molecule has 1 amide bonds. The van der Waals surface area contributed by atoms with Gasteiger partial charge in [0.15, 0.2) is 0 Å². The lowest BCUT2D eigenvalue weighted by Gasteiger charge is -2.39. The molecule has 1 heterocycles. The van der Waals surface area contributed by atoms with Gasteiger partial charge in [0.25, 0.3) is 5.91 Å². The lowest BCUT2D eigenvalue weighted by molar-refractivity contribution is -0.130. The van der Waals surface area contributed by atoms with Crippen LogP contribution in [0, 0.1) is 5.92 Å². The Labute approximate surface area is 219 Å². The maximum atomic E-state index is 13.2. The maximum Gasteiger partial charge on any atom is 0.253 e. The predicted octanol–water partition coefficient (Wildman–Crippen LogP) is 6.25. The maximum absolute atomic E-state index is 13.2. The van der Waals surface area contributed by atoms with Crippen LogP contribution in [0.25, 0.3) is 0 Å². The van der Waals surface area contributed by atoms with Crippen LogP contribution in [-0.2, 0) is 17.8 Å². The molecule has 1 N–H and O–H groups in total. The zero-order valence-corrected chi connectivity index (χ0v) is 22.6. The Hall–Kier alpha value is -2.69. The first-order chi connectivity index (χ1) is 17.3. The third-order valence-electron chi connectivity index (χ3n) is 6.68. The van der Waals surface area contributed by atoms with Crippen LogP contribution in [0.5, 0.6) is 0 Å². The van der Waals surface area contributed by atoms with Gasteiger partial charge in [-0.3, -0.25) is 4.79 Å². The minimum Gasteiger partial charge on any atom is -0.389 e.